The van der Waals surface area contributed by atoms with E-state index in [0.29, 0.717) is 24.5 Å². The first-order chi connectivity index (χ1) is 8.70. The van der Waals surface area contributed by atoms with Crippen LogP contribution in [0, 0.1) is 5.82 Å². The molecule has 0 amide bonds. The van der Waals surface area contributed by atoms with Crippen LogP contribution in [0.25, 0.3) is 11.4 Å². The number of pyridine rings is 1. The highest BCUT2D eigenvalue weighted by Crippen LogP contribution is 2.17. The Hall–Kier alpha value is -1.79. The van der Waals surface area contributed by atoms with Gasteiger partial charge in [-0.25, -0.2) is 9.37 Å². The number of imidazole rings is 1. The SMILES string of the molecule is COCCC(N)c1ncc(-c2ccc(F)cn2)[nH]1. The topological polar surface area (TPSA) is 76.8 Å². The lowest BCUT2D eigenvalue weighted by Gasteiger charge is -2.07. The zero-order valence-corrected chi connectivity index (χ0v) is 10.1. The zero-order chi connectivity index (χ0) is 13.0. The largest absolute Gasteiger partial charge is 0.385 e. The van der Waals surface area contributed by atoms with E-state index in [9.17, 15) is 4.39 Å². The van der Waals surface area contributed by atoms with Crippen molar-refractivity contribution in [1.29, 1.82) is 0 Å². The first kappa shape index (κ1) is 12.7. The predicted octanol–water partition coefficient (Wildman–Crippen LogP) is 1.65. The standard InChI is InChI=1S/C12H15FN4O/c1-18-5-4-9(14)12-16-7-11(17-12)10-3-2-8(13)6-15-10/h2-3,6-7,9H,4-5,14H2,1H3,(H,16,17). The molecular weight excluding hydrogens is 235 g/mol. The fourth-order valence-corrected chi connectivity index (χ4v) is 1.57. The number of hydrogen-bond donors (Lipinski definition) is 2. The zero-order valence-electron chi connectivity index (χ0n) is 10.1. The van der Waals surface area contributed by atoms with Crippen LogP contribution < -0.4 is 5.73 Å². The third-order valence-corrected chi connectivity index (χ3v) is 2.58. The number of ether oxygens (including phenoxy) is 1. The van der Waals surface area contributed by atoms with Crippen molar-refractivity contribution in [1.82, 2.24) is 15.0 Å². The normalized spacial score (nSPS) is 12.6. The molecule has 96 valence electrons. The van der Waals surface area contributed by atoms with Gasteiger partial charge >= 0.3 is 0 Å². The Morgan fingerprint density at radius 3 is 2.89 bits per heavy atom. The van der Waals surface area contributed by atoms with Crippen molar-refractivity contribution < 1.29 is 9.13 Å². The highest BCUT2D eigenvalue weighted by Gasteiger charge is 2.11. The summed E-state index contributed by atoms with van der Waals surface area (Å²) in [6, 6.07) is 2.74. The molecule has 2 aromatic rings. The number of methoxy groups -OCH3 is 1. The maximum Gasteiger partial charge on any atom is 0.141 e. The highest BCUT2D eigenvalue weighted by atomic mass is 19.1. The second-order valence-corrected chi connectivity index (χ2v) is 3.93. The van der Waals surface area contributed by atoms with Gasteiger partial charge in [-0.1, -0.05) is 0 Å². The van der Waals surface area contributed by atoms with Crippen LogP contribution in [0.4, 0.5) is 4.39 Å². The molecule has 0 fully saturated rings. The second-order valence-electron chi connectivity index (χ2n) is 3.93. The number of H-pyrrole nitrogens is 1. The second kappa shape index (κ2) is 5.70. The van der Waals surface area contributed by atoms with E-state index in [-0.39, 0.29) is 11.9 Å². The lowest BCUT2D eigenvalue weighted by atomic mass is 10.2. The summed E-state index contributed by atoms with van der Waals surface area (Å²) in [5.74, 6) is 0.309. The molecule has 5 nitrogen and oxygen atoms in total. The fourth-order valence-electron chi connectivity index (χ4n) is 1.57. The van der Waals surface area contributed by atoms with E-state index in [1.807, 2.05) is 0 Å². The number of aromatic amines is 1. The molecule has 1 unspecified atom stereocenters. The van der Waals surface area contributed by atoms with E-state index < -0.39 is 0 Å². The third kappa shape index (κ3) is 2.91. The minimum atomic E-state index is -0.365. The molecule has 2 heterocycles. The van der Waals surface area contributed by atoms with Crippen molar-refractivity contribution in [3.05, 3.63) is 36.2 Å². The Morgan fingerprint density at radius 1 is 1.39 bits per heavy atom. The van der Waals surface area contributed by atoms with E-state index in [0.717, 1.165) is 5.69 Å². The van der Waals surface area contributed by atoms with Crippen LogP contribution >= 0.6 is 0 Å². The summed E-state index contributed by atoms with van der Waals surface area (Å²) in [6.07, 6.45) is 3.49. The van der Waals surface area contributed by atoms with E-state index in [2.05, 4.69) is 15.0 Å². The molecule has 2 aromatic heterocycles. The van der Waals surface area contributed by atoms with Crippen molar-refractivity contribution in [2.45, 2.75) is 12.5 Å². The molecule has 6 heteroatoms. The molecule has 0 bridgehead atoms. The molecule has 1 atom stereocenters. The summed E-state index contributed by atoms with van der Waals surface area (Å²) in [5, 5.41) is 0. The van der Waals surface area contributed by atoms with E-state index in [1.165, 1.54) is 12.3 Å². The molecule has 0 spiro atoms. The minimum Gasteiger partial charge on any atom is -0.385 e. The lowest BCUT2D eigenvalue weighted by Crippen LogP contribution is -2.14. The van der Waals surface area contributed by atoms with Crippen LogP contribution in [0.5, 0.6) is 0 Å². The fraction of sp³-hybridized carbons (Fsp3) is 0.333. The Balaban J connectivity index is 2.12. The van der Waals surface area contributed by atoms with Crippen LogP contribution in [0.2, 0.25) is 0 Å². The Labute approximate surface area is 104 Å². The van der Waals surface area contributed by atoms with Crippen molar-refractivity contribution in [3.8, 4) is 11.4 Å². The molecule has 0 saturated carbocycles. The lowest BCUT2D eigenvalue weighted by molar-refractivity contribution is 0.187. The van der Waals surface area contributed by atoms with Gasteiger partial charge in [0.1, 0.15) is 11.6 Å². The summed E-state index contributed by atoms with van der Waals surface area (Å²) in [7, 11) is 1.63. The minimum absolute atomic E-state index is 0.209. The van der Waals surface area contributed by atoms with Crippen molar-refractivity contribution in [2.24, 2.45) is 5.73 Å². The van der Waals surface area contributed by atoms with Gasteiger partial charge in [0, 0.05) is 13.7 Å². The van der Waals surface area contributed by atoms with Gasteiger partial charge in [-0.05, 0) is 18.6 Å². The first-order valence-electron chi connectivity index (χ1n) is 5.62. The Bertz CT molecular complexity index is 497. The summed E-state index contributed by atoms with van der Waals surface area (Å²) < 4.78 is 17.7. The number of nitrogens with zero attached hydrogens (tertiary/aromatic N) is 2. The molecule has 2 rings (SSSR count). The molecule has 0 aliphatic carbocycles. The highest BCUT2D eigenvalue weighted by molar-refractivity contribution is 5.52. The van der Waals surface area contributed by atoms with Gasteiger partial charge in [-0.3, -0.25) is 4.98 Å². The number of rotatable bonds is 5. The van der Waals surface area contributed by atoms with Crippen LogP contribution in [0.1, 0.15) is 18.3 Å². The van der Waals surface area contributed by atoms with Crippen LogP contribution in [-0.2, 0) is 4.74 Å². The van der Waals surface area contributed by atoms with Gasteiger partial charge in [-0.15, -0.1) is 0 Å². The summed E-state index contributed by atoms with van der Waals surface area (Å²) in [5.41, 5.74) is 7.30. The molecule has 18 heavy (non-hydrogen) atoms. The number of halogens is 1. The van der Waals surface area contributed by atoms with Crippen LogP contribution in [-0.4, -0.2) is 28.7 Å². The average Bonchev–Trinajstić information content (AvgIpc) is 2.86. The maximum absolute atomic E-state index is 12.8. The van der Waals surface area contributed by atoms with E-state index in [1.54, 1.807) is 19.4 Å². The monoisotopic (exact) mass is 250 g/mol. The third-order valence-electron chi connectivity index (χ3n) is 2.58. The number of aromatic nitrogens is 3. The molecule has 0 radical (unpaired) electrons. The number of hydrogen-bond acceptors (Lipinski definition) is 4. The van der Waals surface area contributed by atoms with Crippen molar-refractivity contribution >= 4 is 0 Å². The molecule has 3 N–H and O–H groups in total. The maximum atomic E-state index is 12.8. The van der Waals surface area contributed by atoms with Gasteiger partial charge in [0.2, 0.25) is 0 Å². The average molecular weight is 250 g/mol. The quantitative estimate of drug-likeness (QED) is 0.845. The van der Waals surface area contributed by atoms with Crippen molar-refractivity contribution in [2.75, 3.05) is 13.7 Å². The smallest absolute Gasteiger partial charge is 0.141 e. The van der Waals surface area contributed by atoms with Gasteiger partial charge in [0.15, 0.2) is 0 Å². The van der Waals surface area contributed by atoms with Gasteiger partial charge in [-0.2, -0.15) is 0 Å². The van der Waals surface area contributed by atoms with Crippen molar-refractivity contribution in [3.63, 3.8) is 0 Å². The summed E-state index contributed by atoms with van der Waals surface area (Å²) in [6.45, 7) is 0.575. The van der Waals surface area contributed by atoms with Gasteiger partial charge < -0.3 is 15.5 Å². The molecule has 0 aromatic carbocycles. The van der Waals surface area contributed by atoms with Gasteiger partial charge in [0.05, 0.1) is 29.8 Å². The molecule has 0 aliphatic heterocycles. The van der Waals surface area contributed by atoms with Crippen LogP contribution in [0.3, 0.4) is 0 Å². The first-order valence-corrected chi connectivity index (χ1v) is 5.62. The van der Waals surface area contributed by atoms with E-state index in [4.69, 9.17) is 10.5 Å². The Morgan fingerprint density at radius 2 is 2.22 bits per heavy atom. The predicted molar refractivity (Wildman–Crippen MR) is 65.2 cm³/mol. The van der Waals surface area contributed by atoms with Crippen LogP contribution in [0.15, 0.2) is 24.5 Å². The molecule has 0 aliphatic rings. The summed E-state index contributed by atoms with van der Waals surface area (Å²) in [4.78, 5) is 11.3. The Kier molecular flexibility index (Phi) is 4.01. The number of nitrogens with two attached hydrogens (primary N) is 1. The number of nitrogens with one attached hydrogen (secondary N) is 1. The summed E-state index contributed by atoms with van der Waals surface area (Å²) >= 11 is 0. The molecule has 0 saturated heterocycles. The van der Waals surface area contributed by atoms with E-state index >= 15 is 0 Å². The van der Waals surface area contributed by atoms with Gasteiger partial charge in [0.25, 0.3) is 0 Å². The molecular formula is C12H15FN4O.